The van der Waals surface area contributed by atoms with Crippen LogP contribution in [0, 0.1) is 34.6 Å². The lowest BCUT2D eigenvalue weighted by Gasteiger charge is -2.12. The average molecular weight is 286 g/mol. The van der Waals surface area contributed by atoms with Crippen molar-refractivity contribution in [1.29, 1.82) is 0 Å². The second kappa shape index (κ2) is 4.91. The minimum atomic E-state index is -0.402. The molecule has 112 valence electrons. The summed E-state index contributed by atoms with van der Waals surface area (Å²) < 4.78 is 1.90. The summed E-state index contributed by atoms with van der Waals surface area (Å²) >= 11 is 0. The number of benzene rings is 1. The molecule has 0 fully saturated rings. The Morgan fingerprint density at radius 3 is 1.95 bits per heavy atom. The maximum Gasteiger partial charge on any atom is 0.297 e. The van der Waals surface area contributed by atoms with Crippen molar-refractivity contribution in [2.24, 2.45) is 23.5 Å². The summed E-state index contributed by atoms with van der Waals surface area (Å²) in [5, 5.41) is 1.12. The highest BCUT2D eigenvalue weighted by atomic mass is 16.1. The van der Waals surface area contributed by atoms with E-state index in [1.165, 1.54) is 22.3 Å². The van der Waals surface area contributed by atoms with Gasteiger partial charge < -0.3 is 16.0 Å². The van der Waals surface area contributed by atoms with Gasteiger partial charge >= 0.3 is 0 Å². The quantitative estimate of drug-likeness (QED) is 0.622. The van der Waals surface area contributed by atoms with Gasteiger partial charge in [-0.25, -0.2) is 0 Å². The molecule has 5 heteroatoms. The molecule has 1 amide bonds. The van der Waals surface area contributed by atoms with Gasteiger partial charge in [0, 0.05) is 12.4 Å². The molecule has 0 bridgehead atoms. The zero-order valence-electron chi connectivity index (χ0n) is 13.5. The average Bonchev–Trinajstić information content (AvgIpc) is 2.64. The number of nitrogens with two attached hydrogens (primary N) is 2. The molecule has 0 aliphatic carbocycles. The second-order valence-corrected chi connectivity index (χ2v) is 5.60. The Hall–Kier alpha value is -2.30. The first-order valence-corrected chi connectivity index (χ1v) is 6.87. The summed E-state index contributed by atoms with van der Waals surface area (Å²) in [6.45, 7) is 10.3. The number of rotatable bonds is 1. The summed E-state index contributed by atoms with van der Waals surface area (Å²) in [5.74, 6) is -0.620. The zero-order chi connectivity index (χ0) is 16.1. The second-order valence-electron chi connectivity index (χ2n) is 5.60. The SMILES string of the molecule is Cc1c(C)c(C)c2c(c1C)c(C)c(C(=O)N=C(N)N)n2C. The fourth-order valence-electron chi connectivity index (χ4n) is 3.13. The molecule has 2 aromatic rings. The highest BCUT2D eigenvalue weighted by Gasteiger charge is 2.22. The predicted molar refractivity (Wildman–Crippen MR) is 86.7 cm³/mol. The van der Waals surface area contributed by atoms with Crippen LogP contribution in [0.15, 0.2) is 4.99 Å². The van der Waals surface area contributed by atoms with Crippen molar-refractivity contribution in [1.82, 2.24) is 4.57 Å². The minimum absolute atomic E-state index is 0.217. The summed E-state index contributed by atoms with van der Waals surface area (Å²) in [4.78, 5) is 16.0. The molecule has 0 radical (unpaired) electrons. The third-order valence-corrected chi connectivity index (χ3v) is 4.49. The van der Waals surface area contributed by atoms with Gasteiger partial charge in [-0.15, -0.1) is 0 Å². The van der Waals surface area contributed by atoms with Crippen LogP contribution >= 0.6 is 0 Å². The first-order chi connectivity index (χ1) is 9.68. The molecule has 0 aliphatic heterocycles. The lowest BCUT2D eigenvalue weighted by molar-refractivity contribution is 0.0995. The summed E-state index contributed by atoms with van der Waals surface area (Å²) in [7, 11) is 1.88. The number of carbonyl (C=O) groups excluding carboxylic acids is 1. The highest BCUT2D eigenvalue weighted by Crippen LogP contribution is 2.34. The number of amides is 1. The van der Waals surface area contributed by atoms with E-state index in [1.807, 2.05) is 18.5 Å². The van der Waals surface area contributed by atoms with Crippen molar-refractivity contribution in [3.8, 4) is 0 Å². The lowest BCUT2D eigenvalue weighted by Crippen LogP contribution is -2.24. The number of carbonyl (C=O) groups is 1. The Morgan fingerprint density at radius 1 is 0.905 bits per heavy atom. The number of nitrogens with zero attached hydrogens (tertiary/aromatic N) is 2. The van der Waals surface area contributed by atoms with E-state index in [4.69, 9.17) is 11.5 Å². The number of fused-ring (bicyclic) bond motifs is 1. The van der Waals surface area contributed by atoms with Crippen molar-refractivity contribution >= 4 is 22.8 Å². The van der Waals surface area contributed by atoms with Crippen LogP contribution < -0.4 is 11.5 Å². The third kappa shape index (κ3) is 2.09. The summed E-state index contributed by atoms with van der Waals surface area (Å²) in [5.41, 5.74) is 18.1. The topological polar surface area (TPSA) is 86.4 Å². The van der Waals surface area contributed by atoms with Crippen LogP contribution in [0.4, 0.5) is 0 Å². The molecule has 1 aromatic carbocycles. The number of aliphatic imine (C=N–C) groups is 1. The standard InChI is InChI=1S/C16H22N4O/c1-7-8(2)10(4)13-12(9(7)3)11(5)14(20(13)6)15(21)19-16(17)18/h1-6H3,(H4,17,18,19,21). The van der Waals surface area contributed by atoms with Crippen LogP contribution in [0.3, 0.4) is 0 Å². The lowest BCUT2D eigenvalue weighted by atomic mass is 9.94. The Kier molecular flexibility index (Phi) is 3.53. The van der Waals surface area contributed by atoms with Crippen molar-refractivity contribution in [3.05, 3.63) is 33.5 Å². The molecule has 0 spiro atoms. The van der Waals surface area contributed by atoms with Crippen LogP contribution in [-0.4, -0.2) is 16.4 Å². The van der Waals surface area contributed by atoms with Gasteiger partial charge in [0.05, 0.1) is 5.52 Å². The third-order valence-electron chi connectivity index (χ3n) is 4.49. The Labute approximate surface area is 124 Å². The van der Waals surface area contributed by atoms with Crippen LogP contribution in [0.25, 0.3) is 10.9 Å². The van der Waals surface area contributed by atoms with Crippen molar-refractivity contribution < 1.29 is 4.79 Å². The Balaban J connectivity index is 2.96. The first-order valence-electron chi connectivity index (χ1n) is 6.87. The van der Waals surface area contributed by atoms with E-state index in [0.29, 0.717) is 5.69 Å². The van der Waals surface area contributed by atoms with Gasteiger partial charge in [0.2, 0.25) is 0 Å². The maximum absolute atomic E-state index is 12.3. The minimum Gasteiger partial charge on any atom is -0.370 e. The first kappa shape index (κ1) is 15.1. The van der Waals surface area contributed by atoms with Gasteiger partial charge in [0.15, 0.2) is 5.96 Å². The van der Waals surface area contributed by atoms with E-state index < -0.39 is 5.91 Å². The molecule has 2 rings (SSSR count). The molecule has 0 saturated heterocycles. The van der Waals surface area contributed by atoms with E-state index in [0.717, 1.165) is 16.5 Å². The molecular weight excluding hydrogens is 264 g/mol. The molecule has 0 saturated carbocycles. The fourth-order valence-corrected chi connectivity index (χ4v) is 3.13. The largest absolute Gasteiger partial charge is 0.370 e. The van der Waals surface area contributed by atoms with Gasteiger partial charge in [0.1, 0.15) is 5.69 Å². The van der Waals surface area contributed by atoms with Crippen molar-refractivity contribution in [2.75, 3.05) is 0 Å². The molecule has 0 atom stereocenters. The number of aromatic nitrogens is 1. The molecule has 1 heterocycles. The molecule has 4 N–H and O–H groups in total. The van der Waals surface area contributed by atoms with Crippen LogP contribution in [0.1, 0.15) is 38.3 Å². The van der Waals surface area contributed by atoms with Gasteiger partial charge in [-0.1, -0.05) is 0 Å². The van der Waals surface area contributed by atoms with Gasteiger partial charge in [-0.05, 0) is 62.4 Å². The number of guanidine groups is 1. The summed E-state index contributed by atoms with van der Waals surface area (Å²) in [6, 6.07) is 0. The van der Waals surface area contributed by atoms with Crippen LogP contribution in [0.5, 0.6) is 0 Å². The zero-order valence-corrected chi connectivity index (χ0v) is 13.5. The molecule has 5 nitrogen and oxygen atoms in total. The molecule has 0 aliphatic rings. The Morgan fingerprint density at radius 2 is 1.43 bits per heavy atom. The maximum atomic E-state index is 12.3. The Bertz CT molecular complexity index is 742. The normalized spacial score (nSPS) is 11.0. The van der Waals surface area contributed by atoms with E-state index >= 15 is 0 Å². The molecular formula is C16H22N4O. The van der Waals surface area contributed by atoms with Crippen LogP contribution in [-0.2, 0) is 7.05 Å². The smallest absolute Gasteiger partial charge is 0.297 e. The van der Waals surface area contributed by atoms with E-state index in [9.17, 15) is 4.79 Å². The van der Waals surface area contributed by atoms with Gasteiger partial charge in [-0.2, -0.15) is 4.99 Å². The molecule has 21 heavy (non-hydrogen) atoms. The predicted octanol–water partition coefficient (Wildman–Crippen LogP) is 2.13. The summed E-state index contributed by atoms with van der Waals surface area (Å²) in [6.07, 6.45) is 0. The van der Waals surface area contributed by atoms with Gasteiger partial charge in [0.25, 0.3) is 5.91 Å². The van der Waals surface area contributed by atoms with Gasteiger partial charge in [-0.3, -0.25) is 4.79 Å². The number of aryl methyl sites for hydroxylation is 4. The highest BCUT2D eigenvalue weighted by molar-refractivity contribution is 6.07. The van der Waals surface area contributed by atoms with Crippen molar-refractivity contribution in [3.63, 3.8) is 0 Å². The monoisotopic (exact) mass is 286 g/mol. The number of hydrogen-bond donors (Lipinski definition) is 2. The molecule has 0 unspecified atom stereocenters. The van der Waals surface area contributed by atoms with E-state index in [-0.39, 0.29) is 5.96 Å². The number of hydrogen-bond acceptors (Lipinski definition) is 1. The fraction of sp³-hybridized carbons (Fsp3) is 0.375. The van der Waals surface area contributed by atoms with Crippen LogP contribution in [0.2, 0.25) is 0 Å². The van der Waals surface area contributed by atoms with Crippen molar-refractivity contribution in [2.45, 2.75) is 34.6 Å². The van der Waals surface area contributed by atoms with E-state index in [1.54, 1.807) is 0 Å². The van der Waals surface area contributed by atoms with E-state index in [2.05, 4.69) is 32.7 Å². The molecule has 1 aromatic heterocycles.